The molecule has 0 unspecified atom stereocenters. The second-order valence-electron chi connectivity index (χ2n) is 4.40. The molecule has 0 fully saturated rings. The van der Waals surface area contributed by atoms with Crippen LogP contribution in [0.5, 0.6) is 0 Å². The van der Waals surface area contributed by atoms with Crippen LogP contribution in [0.15, 0.2) is 29.2 Å². The van der Waals surface area contributed by atoms with Crippen LogP contribution in [0.3, 0.4) is 0 Å². The van der Waals surface area contributed by atoms with Crippen LogP contribution < -0.4 is 10.9 Å². The molecule has 1 amide bonds. The summed E-state index contributed by atoms with van der Waals surface area (Å²) in [5.41, 5.74) is 0.259. The first-order valence-electron chi connectivity index (χ1n) is 6.07. The Labute approximate surface area is 138 Å². The van der Waals surface area contributed by atoms with E-state index in [-0.39, 0.29) is 11.6 Å². The molecule has 3 aromatic rings. The highest BCUT2D eigenvalue weighted by molar-refractivity contribution is 7.18. The molecule has 9 heteroatoms. The molecule has 1 aromatic carbocycles. The minimum Gasteiger partial charge on any atom is -0.320 e. The van der Waals surface area contributed by atoms with Gasteiger partial charge in [0.05, 0.1) is 16.9 Å². The number of benzene rings is 1. The summed E-state index contributed by atoms with van der Waals surface area (Å²) >= 11 is 12.9. The molecule has 0 aliphatic rings. The number of hydrogen-bond donors (Lipinski definition) is 1. The van der Waals surface area contributed by atoms with Crippen molar-refractivity contribution in [3.63, 3.8) is 0 Å². The van der Waals surface area contributed by atoms with Gasteiger partial charge in [-0.15, -0.1) is 0 Å². The van der Waals surface area contributed by atoms with E-state index in [9.17, 15) is 9.59 Å². The van der Waals surface area contributed by atoms with Crippen molar-refractivity contribution < 1.29 is 4.79 Å². The van der Waals surface area contributed by atoms with E-state index in [1.807, 2.05) is 0 Å². The number of aromatic nitrogens is 3. The van der Waals surface area contributed by atoms with Crippen molar-refractivity contribution >= 4 is 51.1 Å². The molecule has 2 heterocycles. The van der Waals surface area contributed by atoms with Gasteiger partial charge < -0.3 is 5.32 Å². The highest BCUT2D eigenvalue weighted by Crippen LogP contribution is 2.26. The van der Waals surface area contributed by atoms with E-state index in [2.05, 4.69) is 15.4 Å². The van der Waals surface area contributed by atoms with Crippen LogP contribution in [0.4, 0.5) is 5.69 Å². The average molecular weight is 355 g/mol. The molecule has 1 N–H and O–H groups in total. The van der Waals surface area contributed by atoms with Crippen molar-refractivity contribution in [1.29, 1.82) is 0 Å². The molecule has 0 aliphatic carbocycles. The fraction of sp³-hybridized carbons (Fsp3) is 0.0769. The van der Waals surface area contributed by atoms with Crippen LogP contribution >= 0.6 is 34.5 Å². The highest BCUT2D eigenvalue weighted by atomic mass is 35.5. The third-order valence-corrected chi connectivity index (χ3v) is 4.34. The van der Waals surface area contributed by atoms with Crippen molar-refractivity contribution in [3.05, 3.63) is 55.4 Å². The van der Waals surface area contributed by atoms with E-state index in [0.717, 1.165) is 11.3 Å². The van der Waals surface area contributed by atoms with Gasteiger partial charge in [-0.05, 0) is 25.1 Å². The predicted molar refractivity (Wildman–Crippen MR) is 86.3 cm³/mol. The number of anilines is 1. The van der Waals surface area contributed by atoms with Gasteiger partial charge in [0.25, 0.3) is 11.5 Å². The summed E-state index contributed by atoms with van der Waals surface area (Å²) in [6, 6.07) is 4.77. The monoisotopic (exact) mass is 354 g/mol. The Morgan fingerprint density at radius 3 is 2.91 bits per heavy atom. The number of rotatable bonds is 2. The van der Waals surface area contributed by atoms with E-state index < -0.39 is 5.56 Å². The Kier molecular flexibility index (Phi) is 3.86. The van der Waals surface area contributed by atoms with E-state index >= 15 is 0 Å². The summed E-state index contributed by atoms with van der Waals surface area (Å²) in [6.07, 6.45) is 1.51. The van der Waals surface area contributed by atoms with E-state index in [0.29, 0.717) is 25.6 Å². The van der Waals surface area contributed by atoms with E-state index in [4.69, 9.17) is 23.2 Å². The number of hydrogen-bond acceptors (Lipinski definition) is 5. The van der Waals surface area contributed by atoms with Gasteiger partial charge in [0.2, 0.25) is 4.96 Å². The molecule has 0 spiro atoms. The Morgan fingerprint density at radius 1 is 1.36 bits per heavy atom. The molecule has 0 saturated heterocycles. The fourth-order valence-electron chi connectivity index (χ4n) is 1.74. The van der Waals surface area contributed by atoms with Gasteiger partial charge in [-0.1, -0.05) is 34.5 Å². The maximum absolute atomic E-state index is 12.3. The number of halogens is 2. The maximum Gasteiger partial charge on any atom is 0.295 e. The van der Waals surface area contributed by atoms with Crippen molar-refractivity contribution in [2.24, 2.45) is 0 Å². The van der Waals surface area contributed by atoms with Gasteiger partial charge in [0, 0.05) is 5.02 Å². The second kappa shape index (κ2) is 5.68. The fourth-order valence-corrected chi connectivity index (χ4v) is 2.88. The number of carbonyl (C=O) groups is 1. The number of carbonyl (C=O) groups excluding carboxylic acids is 1. The minimum atomic E-state index is -0.410. The van der Waals surface area contributed by atoms with Crippen LogP contribution in [0.25, 0.3) is 4.96 Å². The molecule has 3 rings (SSSR count). The summed E-state index contributed by atoms with van der Waals surface area (Å²) in [6.45, 7) is 1.56. The molecule has 0 saturated carbocycles. The quantitative estimate of drug-likeness (QED) is 0.767. The van der Waals surface area contributed by atoms with Crippen LogP contribution in [0.1, 0.15) is 15.4 Å². The van der Waals surface area contributed by atoms with Crippen molar-refractivity contribution in [2.75, 3.05) is 5.32 Å². The number of amides is 1. The zero-order valence-corrected chi connectivity index (χ0v) is 13.5. The van der Waals surface area contributed by atoms with Crippen LogP contribution in [-0.2, 0) is 0 Å². The number of fused-ring (bicyclic) bond motifs is 1. The molecule has 0 aliphatic heterocycles. The lowest BCUT2D eigenvalue weighted by Gasteiger charge is -2.05. The van der Waals surface area contributed by atoms with Crippen molar-refractivity contribution in [1.82, 2.24) is 14.6 Å². The van der Waals surface area contributed by atoms with Crippen LogP contribution in [0, 0.1) is 6.92 Å². The second-order valence-corrected chi connectivity index (χ2v) is 6.26. The predicted octanol–water partition coefficient (Wildman–Crippen LogP) is 3.02. The zero-order valence-electron chi connectivity index (χ0n) is 11.1. The molecule has 0 atom stereocenters. The first-order chi connectivity index (χ1) is 10.4. The largest absolute Gasteiger partial charge is 0.320 e. The molecule has 0 bridgehead atoms. The third kappa shape index (κ3) is 2.83. The van der Waals surface area contributed by atoms with Gasteiger partial charge in [0.1, 0.15) is 10.6 Å². The number of nitrogens with zero attached hydrogens (tertiary/aromatic N) is 3. The lowest BCUT2D eigenvalue weighted by molar-refractivity contribution is 0.103. The Morgan fingerprint density at radius 2 is 2.14 bits per heavy atom. The number of aryl methyl sites for hydroxylation is 1. The standard InChI is InChI=1S/C13H8Cl2N4O2S/c1-6-11(20)17-13-19(18-6)5-10(22-13)12(21)16-9-4-7(14)2-3-8(9)15/h2-5H,1H3,(H,16,21). The maximum atomic E-state index is 12.3. The van der Waals surface area contributed by atoms with E-state index in [1.54, 1.807) is 25.1 Å². The Balaban J connectivity index is 1.95. The van der Waals surface area contributed by atoms with Gasteiger partial charge in [-0.25, -0.2) is 4.52 Å². The van der Waals surface area contributed by atoms with Gasteiger partial charge >= 0.3 is 0 Å². The minimum absolute atomic E-state index is 0.264. The first kappa shape index (κ1) is 15.0. The van der Waals surface area contributed by atoms with E-state index in [1.165, 1.54) is 10.7 Å². The molecular weight excluding hydrogens is 347 g/mol. The smallest absolute Gasteiger partial charge is 0.295 e. The summed E-state index contributed by atoms with van der Waals surface area (Å²) in [5, 5.41) is 7.54. The third-order valence-electron chi connectivity index (χ3n) is 2.80. The van der Waals surface area contributed by atoms with Gasteiger partial charge in [-0.2, -0.15) is 10.1 Å². The summed E-state index contributed by atoms with van der Waals surface area (Å²) in [5.74, 6) is -0.383. The summed E-state index contributed by atoms with van der Waals surface area (Å²) in [4.78, 5) is 28.3. The molecule has 6 nitrogen and oxygen atoms in total. The lowest BCUT2D eigenvalue weighted by Crippen LogP contribution is -2.14. The highest BCUT2D eigenvalue weighted by Gasteiger charge is 2.14. The lowest BCUT2D eigenvalue weighted by atomic mass is 10.3. The normalized spacial score (nSPS) is 10.9. The molecule has 22 heavy (non-hydrogen) atoms. The van der Waals surface area contributed by atoms with Crippen molar-refractivity contribution in [2.45, 2.75) is 6.92 Å². The molecule has 2 aromatic heterocycles. The topological polar surface area (TPSA) is 76.4 Å². The summed E-state index contributed by atoms with van der Waals surface area (Å²) < 4.78 is 1.40. The molecular formula is C13H8Cl2N4O2S. The first-order valence-corrected chi connectivity index (χ1v) is 7.65. The summed E-state index contributed by atoms with van der Waals surface area (Å²) in [7, 11) is 0. The Bertz CT molecular complexity index is 951. The van der Waals surface area contributed by atoms with Gasteiger partial charge in [0.15, 0.2) is 0 Å². The van der Waals surface area contributed by atoms with Crippen molar-refractivity contribution in [3.8, 4) is 0 Å². The average Bonchev–Trinajstić information content (AvgIpc) is 2.86. The Hall–Kier alpha value is -1.96. The number of nitrogens with one attached hydrogen (secondary N) is 1. The SMILES string of the molecule is Cc1nn2cc(C(=O)Nc3cc(Cl)ccc3Cl)sc2nc1=O. The number of thiazole rings is 1. The molecule has 112 valence electrons. The molecule has 0 radical (unpaired) electrons. The van der Waals surface area contributed by atoms with Crippen LogP contribution in [0.2, 0.25) is 10.0 Å². The zero-order chi connectivity index (χ0) is 15.9. The van der Waals surface area contributed by atoms with Gasteiger partial charge in [-0.3, -0.25) is 9.59 Å². The van der Waals surface area contributed by atoms with Crippen LogP contribution in [-0.4, -0.2) is 20.5 Å².